The quantitative estimate of drug-likeness (QED) is 0.940. The summed E-state index contributed by atoms with van der Waals surface area (Å²) in [4.78, 5) is 18.5. The zero-order valence-electron chi connectivity index (χ0n) is 13.0. The number of carbonyl (C=O) groups excluding carboxylic acids is 1. The number of hydrogen-bond donors (Lipinski definition) is 1. The van der Waals surface area contributed by atoms with E-state index in [-0.39, 0.29) is 6.03 Å². The fraction of sp³-hybridized carbons (Fsp3) is 0.533. The Morgan fingerprint density at radius 3 is 3.18 bits per heavy atom. The van der Waals surface area contributed by atoms with Gasteiger partial charge in [0.05, 0.1) is 18.5 Å². The highest BCUT2D eigenvalue weighted by molar-refractivity contribution is 5.89. The van der Waals surface area contributed by atoms with E-state index in [1.165, 1.54) is 0 Å². The lowest BCUT2D eigenvalue weighted by Gasteiger charge is -2.32. The van der Waals surface area contributed by atoms with E-state index in [0.29, 0.717) is 18.3 Å². The van der Waals surface area contributed by atoms with Crippen molar-refractivity contribution in [1.82, 2.24) is 19.5 Å². The van der Waals surface area contributed by atoms with Crippen molar-refractivity contribution in [2.75, 3.05) is 32.1 Å². The molecular formula is C15H21N5O2. The number of nitrogens with zero attached hydrogens (tertiary/aromatic N) is 4. The van der Waals surface area contributed by atoms with Gasteiger partial charge in [-0.3, -0.25) is 0 Å². The summed E-state index contributed by atoms with van der Waals surface area (Å²) < 4.78 is 6.88. The number of urea groups is 1. The fourth-order valence-electron chi connectivity index (χ4n) is 2.89. The second-order valence-electron chi connectivity index (χ2n) is 5.72. The monoisotopic (exact) mass is 303 g/mol. The van der Waals surface area contributed by atoms with Crippen LogP contribution in [0.25, 0.3) is 5.65 Å². The average molecular weight is 303 g/mol. The molecule has 1 atom stereocenters. The number of piperidine rings is 1. The fourth-order valence-corrected chi connectivity index (χ4v) is 2.89. The highest BCUT2D eigenvalue weighted by Crippen LogP contribution is 2.18. The Hall–Kier alpha value is -2.15. The number of carbonyl (C=O) groups is 1. The number of hydrogen-bond acceptors (Lipinski definition) is 4. The number of fused-ring (bicyclic) bond motifs is 1. The molecular weight excluding hydrogens is 282 g/mol. The number of aryl methyl sites for hydroxylation is 1. The number of ether oxygens (including phenoxy) is 1. The number of nitrogens with one attached hydrogen (secondary N) is 1. The summed E-state index contributed by atoms with van der Waals surface area (Å²) in [6.45, 7) is 4.07. The van der Waals surface area contributed by atoms with Crippen molar-refractivity contribution < 1.29 is 9.53 Å². The summed E-state index contributed by atoms with van der Waals surface area (Å²) in [5, 5.41) is 7.19. The number of rotatable bonds is 3. The van der Waals surface area contributed by atoms with Crippen molar-refractivity contribution in [3.8, 4) is 0 Å². The smallest absolute Gasteiger partial charge is 0.321 e. The van der Waals surface area contributed by atoms with Crippen molar-refractivity contribution in [2.24, 2.45) is 5.92 Å². The third kappa shape index (κ3) is 3.19. The van der Waals surface area contributed by atoms with Crippen molar-refractivity contribution in [1.29, 1.82) is 0 Å². The van der Waals surface area contributed by atoms with Gasteiger partial charge in [-0.15, -0.1) is 0 Å². The molecule has 1 unspecified atom stereocenters. The highest BCUT2D eigenvalue weighted by atomic mass is 16.5. The number of anilines is 1. The molecule has 0 aromatic carbocycles. The van der Waals surface area contributed by atoms with Crippen LogP contribution in [0.1, 0.15) is 18.7 Å². The van der Waals surface area contributed by atoms with Gasteiger partial charge in [-0.2, -0.15) is 5.10 Å². The van der Waals surface area contributed by atoms with Gasteiger partial charge in [-0.05, 0) is 31.9 Å². The van der Waals surface area contributed by atoms with E-state index < -0.39 is 0 Å². The molecule has 3 rings (SSSR count). The Labute approximate surface area is 129 Å². The summed E-state index contributed by atoms with van der Waals surface area (Å²) in [5.41, 5.74) is 1.49. The van der Waals surface area contributed by atoms with E-state index in [9.17, 15) is 4.79 Å². The third-order valence-corrected chi connectivity index (χ3v) is 3.90. The molecule has 22 heavy (non-hydrogen) atoms. The predicted octanol–water partition coefficient (Wildman–Crippen LogP) is 1.93. The molecule has 1 saturated heterocycles. The zero-order valence-corrected chi connectivity index (χ0v) is 13.0. The van der Waals surface area contributed by atoms with E-state index in [0.717, 1.165) is 37.3 Å². The van der Waals surface area contributed by atoms with Gasteiger partial charge in [0, 0.05) is 26.1 Å². The molecule has 0 aliphatic carbocycles. The summed E-state index contributed by atoms with van der Waals surface area (Å²) >= 11 is 0. The molecule has 1 aliphatic heterocycles. The van der Waals surface area contributed by atoms with Crippen LogP contribution in [0.5, 0.6) is 0 Å². The van der Waals surface area contributed by atoms with Crippen molar-refractivity contribution >= 4 is 17.4 Å². The van der Waals surface area contributed by atoms with Crippen LogP contribution in [0.15, 0.2) is 18.3 Å². The lowest BCUT2D eigenvalue weighted by molar-refractivity contribution is 0.104. The lowest BCUT2D eigenvalue weighted by Crippen LogP contribution is -2.43. The number of likely N-dealkylation sites (tertiary alicyclic amines) is 1. The standard InChI is InChI=1S/C15H21N5O2/c1-11-16-14-6-5-13(9-20(14)18-11)17-15(21)19-7-3-4-12(8-19)10-22-2/h5-6,9,12H,3-4,7-8,10H2,1-2H3,(H,17,21). The molecule has 0 radical (unpaired) electrons. The average Bonchev–Trinajstić information content (AvgIpc) is 2.87. The van der Waals surface area contributed by atoms with Crippen LogP contribution in [0, 0.1) is 12.8 Å². The maximum absolute atomic E-state index is 12.4. The topological polar surface area (TPSA) is 71.8 Å². The minimum atomic E-state index is -0.0722. The van der Waals surface area contributed by atoms with Crippen LogP contribution in [0.3, 0.4) is 0 Å². The maximum Gasteiger partial charge on any atom is 0.321 e. The van der Waals surface area contributed by atoms with Gasteiger partial charge >= 0.3 is 6.03 Å². The molecule has 1 aliphatic rings. The molecule has 3 heterocycles. The molecule has 2 amide bonds. The summed E-state index contributed by atoms with van der Waals surface area (Å²) in [7, 11) is 1.70. The molecule has 1 N–H and O–H groups in total. The molecule has 2 aromatic rings. The number of methoxy groups -OCH3 is 1. The van der Waals surface area contributed by atoms with Gasteiger partial charge in [0.15, 0.2) is 5.65 Å². The van der Waals surface area contributed by atoms with Crippen LogP contribution in [-0.2, 0) is 4.74 Å². The van der Waals surface area contributed by atoms with Crippen LogP contribution >= 0.6 is 0 Å². The van der Waals surface area contributed by atoms with Crippen LogP contribution in [0.2, 0.25) is 0 Å². The minimum Gasteiger partial charge on any atom is -0.384 e. The minimum absolute atomic E-state index is 0.0722. The zero-order chi connectivity index (χ0) is 15.5. The first-order chi connectivity index (χ1) is 10.7. The van der Waals surface area contributed by atoms with E-state index in [1.807, 2.05) is 24.0 Å². The SMILES string of the molecule is COCC1CCCN(C(=O)Nc2ccc3nc(C)nn3c2)C1. The Kier molecular flexibility index (Phi) is 4.24. The van der Waals surface area contributed by atoms with Gasteiger partial charge in [-0.1, -0.05) is 0 Å². The second kappa shape index (κ2) is 6.31. The molecule has 0 spiro atoms. The molecule has 7 heteroatoms. The van der Waals surface area contributed by atoms with E-state index >= 15 is 0 Å². The van der Waals surface area contributed by atoms with Gasteiger partial charge < -0.3 is 15.0 Å². The Morgan fingerprint density at radius 1 is 1.50 bits per heavy atom. The van der Waals surface area contributed by atoms with Gasteiger partial charge in [0.2, 0.25) is 0 Å². The number of pyridine rings is 1. The van der Waals surface area contributed by atoms with Gasteiger partial charge in [-0.25, -0.2) is 14.3 Å². The second-order valence-corrected chi connectivity index (χ2v) is 5.72. The van der Waals surface area contributed by atoms with Crippen LogP contribution in [0.4, 0.5) is 10.5 Å². The predicted molar refractivity (Wildman–Crippen MR) is 82.9 cm³/mol. The molecule has 2 aromatic heterocycles. The Bertz CT molecular complexity index is 667. The first-order valence-electron chi connectivity index (χ1n) is 7.53. The first kappa shape index (κ1) is 14.8. The van der Waals surface area contributed by atoms with Gasteiger partial charge in [0.25, 0.3) is 0 Å². The maximum atomic E-state index is 12.4. The Balaban J connectivity index is 1.66. The van der Waals surface area contributed by atoms with E-state index in [2.05, 4.69) is 15.4 Å². The Morgan fingerprint density at radius 2 is 2.36 bits per heavy atom. The normalized spacial score (nSPS) is 18.6. The molecule has 118 valence electrons. The molecule has 0 bridgehead atoms. The molecule has 7 nitrogen and oxygen atoms in total. The summed E-state index contributed by atoms with van der Waals surface area (Å²) in [5.74, 6) is 1.13. The lowest BCUT2D eigenvalue weighted by atomic mass is 9.99. The number of aromatic nitrogens is 3. The first-order valence-corrected chi connectivity index (χ1v) is 7.53. The van der Waals surface area contributed by atoms with Gasteiger partial charge in [0.1, 0.15) is 5.82 Å². The van der Waals surface area contributed by atoms with Crippen molar-refractivity contribution in [3.05, 3.63) is 24.2 Å². The highest BCUT2D eigenvalue weighted by Gasteiger charge is 2.23. The van der Waals surface area contributed by atoms with E-state index in [1.54, 1.807) is 17.8 Å². The largest absolute Gasteiger partial charge is 0.384 e. The van der Waals surface area contributed by atoms with Crippen molar-refractivity contribution in [2.45, 2.75) is 19.8 Å². The van der Waals surface area contributed by atoms with Crippen LogP contribution in [-0.4, -0.2) is 52.3 Å². The molecule has 0 saturated carbocycles. The molecule has 1 fully saturated rings. The van der Waals surface area contributed by atoms with Crippen LogP contribution < -0.4 is 5.32 Å². The summed E-state index contributed by atoms with van der Waals surface area (Å²) in [6.07, 6.45) is 3.91. The van der Waals surface area contributed by atoms with E-state index in [4.69, 9.17) is 4.74 Å². The van der Waals surface area contributed by atoms with Crippen molar-refractivity contribution in [3.63, 3.8) is 0 Å². The summed E-state index contributed by atoms with van der Waals surface area (Å²) in [6, 6.07) is 3.62. The third-order valence-electron chi connectivity index (χ3n) is 3.90. The number of amides is 2.